The fraction of sp³-hybridized carbons (Fsp3) is 0.333. The SMILES string of the molecule is CN(Cc1cc(C(C)(C)C)ccc1O)c1ccccc1. The molecule has 0 bridgehead atoms. The van der Waals surface area contributed by atoms with Gasteiger partial charge in [0.15, 0.2) is 0 Å². The smallest absolute Gasteiger partial charge is 0.120 e. The highest BCUT2D eigenvalue weighted by Crippen LogP contribution is 2.28. The van der Waals surface area contributed by atoms with E-state index in [-0.39, 0.29) is 5.41 Å². The van der Waals surface area contributed by atoms with E-state index < -0.39 is 0 Å². The zero-order valence-corrected chi connectivity index (χ0v) is 12.7. The van der Waals surface area contributed by atoms with E-state index in [1.54, 1.807) is 6.07 Å². The molecule has 0 amide bonds. The Balaban J connectivity index is 2.25. The van der Waals surface area contributed by atoms with Gasteiger partial charge in [0.2, 0.25) is 0 Å². The first-order valence-electron chi connectivity index (χ1n) is 6.96. The van der Waals surface area contributed by atoms with Gasteiger partial charge in [0.1, 0.15) is 5.75 Å². The molecule has 2 aromatic rings. The van der Waals surface area contributed by atoms with Crippen molar-refractivity contribution in [1.29, 1.82) is 0 Å². The first-order valence-corrected chi connectivity index (χ1v) is 6.96. The normalized spacial score (nSPS) is 11.4. The van der Waals surface area contributed by atoms with Gasteiger partial charge in [-0.3, -0.25) is 0 Å². The van der Waals surface area contributed by atoms with Gasteiger partial charge in [0, 0.05) is 24.8 Å². The van der Waals surface area contributed by atoms with Gasteiger partial charge in [-0.15, -0.1) is 0 Å². The molecule has 2 aromatic carbocycles. The molecular weight excluding hydrogens is 246 g/mol. The molecule has 0 aliphatic heterocycles. The van der Waals surface area contributed by atoms with Gasteiger partial charge in [-0.1, -0.05) is 45.0 Å². The minimum Gasteiger partial charge on any atom is -0.508 e. The second-order valence-electron chi connectivity index (χ2n) is 6.29. The second-order valence-corrected chi connectivity index (χ2v) is 6.29. The highest BCUT2D eigenvalue weighted by atomic mass is 16.3. The third kappa shape index (κ3) is 3.32. The Morgan fingerprint density at radius 2 is 1.65 bits per heavy atom. The second kappa shape index (κ2) is 5.58. The van der Waals surface area contributed by atoms with Gasteiger partial charge < -0.3 is 10.0 Å². The lowest BCUT2D eigenvalue weighted by Gasteiger charge is -2.23. The summed E-state index contributed by atoms with van der Waals surface area (Å²) in [6.45, 7) is 7.25. The van der Waals surface area contributed by atoms with E-state index >= 15 is 0 Å². The number of phenolic OH excluding ortho intramolecular Hbond substituents is 1. The van der Waals surface area contributed by atoms with Crippen molar-refractivity contribution in [3.8, 4) is 5.75 Å². The molecule has 106 valence electrons. The first-order chi connectivity index (χ1) is 9.38. The summed E-state index contributed by atoms with van der Waals surface area (Å²) in [5, 5.41) is 10.1. The van der Waals surface area contributed by atoms with Crippen LogP contribution in [-0.2, 0) is 12.0 Å². The summed E-state index contributed by atoms with van der Waals surface area (Å²) in [5.41, 5.74) is 3.44. The van der Waals surface area contributed by atoms with E-state index in [1.165, 1.54) is 5.56 Å². The molecule has 2 nitrogen and oxygen atoms in total. The maximum atomic E-state index is 10.1. The highest BCUT2D eigenvalue weighted by Gasteiger charge is 2.16. The van der Waals surface area contributed by atoms with E-state index in [1.807, 2.05) is 31.3 Å². The van der Waals surface area contributed by atoms with Crippen molar-refractivity contribution in [3.05, 3.63) is 59.7 Å². The predicted molar refractivity (Wildman–Crippen MR) is 85.4 cm³/mol. The van der Waals surface area contributed by atoms with Crippen molar-refractivity contribution in [2.75, 3.05) is 11.9 Å². The summed E-state index contributed by atoms with van der Waals surface area (Å²) in [4.78, 5) is 2.14. The van der Waals surface area contributed by atoms with Crippen LogP contribution >= 0.6 is 0 Å². The number of hydrogen-bond acceptors (Lipinski definition) is 2. The lowest BCUT2D eigenvalue weighted by molar-refractivity contribution is 0.466. The molecule has 0 fully saturated rings. The molecule has 0 atom stereocenters. The maximum Gasteiger partial charge on any atom is 0.120 e. The number of phenols is 1. The average Bonchev–Trinajstić information content (AvgIpc) is 2.41. The van der Waals surface area contributed by atoms with Gasteiger partial charge in [-0.25, -0.2) is 0 Å². The fourth-order valence-electron chi connectivity index (χ4n) is 2.21. The Kier molecular flexibility index (Phi) is 4.03. The topological polar surface area (TPSA) is 23.5 Å². The van der Waals surface area contributed by atoms with Gasteiger partial charge in [-0.2, -0.15) is 0 Å². The zero-order chi connectivity index (χ0) is 14.8. The quantitative estimate of drug-likeness (QED) is 0.896. The third-order valence-electron chi connectivity index (χ3n) is 3.55. The number of benzene rings is 2. The third-order valence-corrected chi connectivity index (χ3v) is 3.55. The Labute approximate surface area is 121 Å². The summed E-state index contributed by atoms with van der Waals surface area (Å²) < 4.78 is 0. The van der Waals surface area contributed by atoms with Crippen LogP contribution in [0.25, 0.3) is 0 Å². The van der Waals surface area contributed by atoms with E-state index in [0.717, 1.165) is 11.3 Å². The van der Waals surface area contributed by atoms with Gasteiger partial charge in [0.05, 0.1) is 0 Å². The minimum atomic E-state index is 0.0910. The van der Waals surface area contributed by atoms with Crippen LogP contribution in [0.2, 0.25) is 0 Å². The molecule has 0 unspecified atom stereocenters. The zero-order valence-electron chi connectivity index (χ0n) is 12.7. The number of hydrogen-bond donors (Lipinski definition) is 1. The summed E-state index contributed by atoms with van der Waals surface area (Å²) in [6.07, 6.45) is 0. The largest absolute Gasteiger partial charge is 0.508 e. The molecule has 1 N–H and O–H groups in total. The lowest BCUT2D eigenvalue weighted by atomic mass is 9.86. The highest BCUT2D eigenvalue weighted by molar-refractivity contribution is 5.48. The molecule has 2 rings (SSSR count). The molecule has 0 radical (unpaired) electrons. The Morgan fingerprint density at radius 1 is 1.00 bits per heavy atom. The maximum absolute atomic E-state index is 10.1. The van der Waals surface area contributed by atoms with Crippen molar-refractivity contribution in [2.24, 2.45) is 0 Å². The molecule has 20 heavy (non-hydrogen) atoms. The molecule has 0 heterocycles. The van der Waals surface area contributed by atoms with Crippen LogP contribution < -0.4 is 4.90 Å². The van der Waals surface area contributed by atoms with Crippen LogP contribution in [0.5, 0.6) is 5.75 Å². The van der Waals surface area contributed by atoms with Crippen molar-refractivity contribution in [3.63, 3.8) is 0 Å². The summed E-state index contributed by atoms with van der Waals surface area (Å²) in [6, 6.07) is 16.1. The van der Waals surface area contributed by atoms with E-state index in [2.05, 4.69) is 43.9 Å². The van der Waals surface area contributed by atoms with E-state index in [9.17, 15) is 5.11 Å². The van der Waals surface area contributed by atoms with Crippen LogP contribution in [-0.4, -0.2) is 12.2 Å². The van der Waals surface area contributed by atoms with Crippen LogP contribution in [0.15, 0.2) is 48.5 Å². The summed E-state index contributed by atoms with van der Waals surface area (Å²) >= 11 is 0. The molecular formula is C18H23NO. The standard InChI is InChI=1S/C18H23NO/c1-18(2,3)15-10-11-17(20)14(12-15)13-19(4)16-8-6-5-7-9-16/h5-12,20H,13H2,1-4H3. The van der Waals surface area contributed by atoms with Gasteiger partial charge in [0.25, 0.3) is 0 Å². The number of para-hydroxylation sites is 1. The number of aromatic hydroxyl groups is 1. The number of nitrogens with zero attached hydrogens (tertiary/aromatic N) is 1. The molecule has 0 aromatic heterocycles. The predicted octanol–water partition coefficient (Wildman–Crippen LogP) is 4.33. The Bertz CT molecular complexity index is 570. The van der Waals surface area contributed by atoms with E-state index in [4.69, 9.17) is 0 Å². The number of rotatable bonds is 3. The molecule has 2 heteroatoms. The molecule has 0 aliphatic rings. The van der Waals surface area contributed by atoms with Crippen LogP contribution in [0.4, 0.5) is 5.69 Å². The van der Waals surface area contributed by atoms with Crippen molar-refractivity contribution in [2.45, 2.75) is 32.7 Å². The van der Waals surface area contributed by atoms with Gasteiger partial charge >= 0.3 is 0 Å². The van der Waals surface area contributed by atoms with Crippen molar-refractivity contribution < 1.29 is 5.11 Å². The fourth-order valence-corrected chi connectivity index (χ4v) is 2.21. The minimum absolute atomic E-state index is 0.0910. The van der Waals surface area contributed by atoms with Crippen molar-refractivity contribution >= 4 is 5.69 Å². The Morgan fingerprint density at radius 3 is 2.25 bits per heavy atom. The lowest BCUT2D eigenvalue weighted by Crippen LogP contribution is -2.17. The molecule has 0 saturated heterocycles. The van der Waals surface area contributed by atoms with E-state index in [0.29, 0.717) is 12.3 Å². The summed E-state index contributed by atoms with van der Waals surface area (Å²) in [7, 11) is 2.04. The monoisotopic (exact) mass is 269 g/mol. The average molecular weight is 269 g/mol. The number of anilines is 1. The van der Waals surface area contributed by atoms with Crippen LogP contribution in [0.1, 0.15) is 31.9 Å². The molecule has 0 aliphatic carbocycles. The molecule has 0 saturated carbocycles. The molecule has 0 spiro atoms. The van der Waals surface area contributed by atoms with Crippen LogP contribution in [0, 0.1) is 0 Å². The first kappa shape index (κ1) is 14.4. The summed E-state index contributed by atoms with van der Waals surface area (Å²) in [5.74, 6) is 0.362. The van der Waals surface area contributed by atoms with Gasteiger partial charge in [-0.05, 0) is 35.2 Å². The van der Waals surface area contributed by atoms with Crippen LogP contribution in [0.3, 0.4) is 0 Å². The Hall–Kier alpha value is -1.96. The van der Waals surface area contributed by atoms with Crippen molar-refractivity contribution in [1.82, 2.24) is 0 Å².